The highest BCUT2D eigenvalue weighted by Gasteiger charge is 2.64. The lowest BCUT2D eigenvalue weighted by Crippen LogP contribution is -2.61. The largest absolute Gasteiger partial charge is 0.508 e. The van der Waals surface area contributed by atoms with Crippen LogP contribution in [0, 0.1) is 102 Å². The van der Waals surface area contributed by atoms with Crippen molar-refractivity contribution in [1.29, 1.82) is 0 Å². The molecular weight excluding hydrogens is 1680 g/mol. The second kappa shape index (κ2) is 40.3. The summed E-state index contributed by atoms with van der Waals surface area (Å²) in [6.07, 6.45) is 20.5. The van der Waals surface area contributed by atoms with Crippen molar-refractivity contribution in [1.82, 2.24) is 0 Å². The molecule has 1 heterocycles. The lowest BCUT2D eigenvalue weighted by atomic mass is 9.49. The minimum absolute atomic E-state index is 0.00661. The zero-order chi connectivity index (χ0) is 97.2. The van der Waals surface area contributed by atoms with E-state index in [0.717, 1.165) is 84.5 Å². The Morgan fingerprint density at radius 1 is 0.379 bits per heavy atom. The summed E-state index contributed by atoms with van der Waals surface area (Å²) >= 11 is 0. The Bertz CT molecular complexity index is 4640. The van der Waals surface area contributed by atoms with E-state index in [0.29, 0.717) is 93.3 Å². The first-order chi connectivity index (χ1) is 61.5. The smallest absolute Gasteiger partial charge is 0.347 e. The number of carbonyl (C=O) groups excluding carboxylic acids is 9. The first kappa shape index (κ1) is 104. The van der Waals surface area contributed by atoms with E-state index >= 15 is 0 Å². The van der Waals surface area contributed by atoms with Crippen LogP contribution in [0.25, 0.3) is 0 Å². The van der Waals surface area contributed by atoms with Gasteiger partial charge in [-0.05, 0) is 398 Å². The van der Waals surface area contributed by atoms with E-state index in [2.05, 4.69) is 34.6 Å². The standard InChI is InChI=1S/C30H44O5.C29H42O5.C28H40O6.C22H30O7/c1-7-30(23-13-20-12-21(15-23)16-24(30)14-20)35-27(33)29(5,18-28(3,4)26(32)34-6)17-19(2)22-8-10-25(31)11-9-22;1-18(21-7-9-24(30)10-8-21)16-28(4,17-27(2,3)25(31)33-6)26(32)34-29(5)22-12-19-11-20(14-22)15-23(29)13-19;1-18(21-6-8-22(29)9-7-21)11-26(4,16-25(2,3)23(30)33-5)24(31)34-28-14-19-10-20(15-28)13-27(32,12-19)17-28;1-14(15-6-8-16(23)9-7-15)12-22(4,13-21(2,3)19(25)27-5)20(26)29-17-10-11-28-18(17)24/h8-11,19-21,23-24,31H,7,12-18H2,1-6H3;7-10,18-20,22-23,30H,11-17H2,1-6H3;6-9,18-20,29,32H,10-17H2,1-5H3;6-9,14,17,23H,10-13H2,1-5H3. The Morgan fingerprint density at radius 2 is 0.652 bits per heavy atom. The van der Waals surface area contributed by atoms with E-state index in [1.54, 1.807) is 81.4 Å². The number of phenolic OH excluding ortho intramolecular Hbond substituents is 4. The number of ether oxygens (including phenoxy) is 9. The predicted octanol–water partition coefficient (Wildman–Crippen LogP) is 21.3. The van der Waals surface area contributed by atoms with E-state index in [-0.39, 0.29) is 101 Å². The fourth-order valence-electron chi connectivity index (χ4n) is 27.7. The van der Waals surface area contributed by atoms with Gasteiger partial charge in [-0.15, -0.1) is 0 Å². The number of hydrogen-bond acceptors (Lipinski definition) is 23. The zero-order valence-corrected chi connectivity index (χ0v) is 83.1. The van der Waals surface area contributed by atoms with Gasteiger partial charge in [0.25, 0.3) is 0 Å². The number of carbonyl (C=O) groups is 9. The van der Waals surface area contributed by atoms with E-state index < -0.39 is 84.1 Å². The Hall–Kier alpha value is -8.73. The molecule has 12 saturated carbocycles. The molecule has 730 valence electrons. The molecule has 0 spiro atoms. The van der Waals surface area contributed by atoms with Gasteiger partial charge in [0.2, 0.25) is 6.10 Å². The first-order valence-corrected chi connectivity index (χ1v) is 48.8. The van der Waals surface area contributed by atoms with Crippen molar-refractivity contribution in [2.45, 2.75) is 344 Å². The first-order valence-electron chi connectivity index (χ1n) is 48.8. The van der Waals surface area contributed by atoms with Crippen LogP contribution in [0.2, 0.25) is 0 Å². The molecule has 4 aromatic carbocycles. The molecule has 13 aliphatic rings. The molecule has 1 aliphatic heterocycles. The third-order valence-electron chi connectivity index (χ3n) is 33.0. The van der Waals surface area contributed by atoms with Crippen LogP contribution in [0.5, 0.6) is 23.0 Å². The molecule has 23 nitrogen and oxygen atoms in total. The molecule has 0 radical (unpaired) electrons. The number of aromatic hydroxyl groups is 4. The predicted molar refractivity (Wildman–Crippen MR) is 500 cm³/mol. The molecule has 12 aliphatic carbocycles. The maximum absolute atomic E-state index is 14.2. The zero-order valence-electron chi connectivity index (χ0n) is 83.1. The van der Waals surface area contributed by atoms with Gasteiger partial charge in [0.15, 0.2) is 0 Å². The van der Waals surface area contributed by atoms with Crippen LogP contribution in [0.1, 0.15) is 337 Å². The summed E-state index contributed by atoms with van der Waals surface area (Å²) in [4.78, 5) is 117. The van der Waals surface area contributed by atoms with Gasteiger partial charge in [0, 0.05) is 12.8 Å². The molecule has 11 unspecified atom stereocenters. The van der Waals surface area contributed by atoms with E-state index in [4.69, 9.17) is 42.6 Å². The molecule has 13 fully saturated rings. The minimum atomic E-state index is -1.04. The van der Waals surface area contributed by atoms with Crippen LogP contribution in [0.3, 0.4) is 0 Å². The van der Waals surface area contributed by atoms with Gasteiger partial charge in [-0.2, -0.15) is 0 Å². The van der Waals surface area contributed by atoms with Gasteiger partial charge in [0.1, 0.15) is 39.8 Å². The van der Waals surface area contributed by atoms with Crippen LogP contribution < -0.4 is 0 Å². The molecule has 132 heavy (non-hydrogen) atoms. The maximum atomic E-state index is 14.2. The SMILES string of the molecule is CCC1(OC(=O)C(C)(CC(C)c2ccc(O)cc2)CC(C)(C)C(=O)OC)C2CC3CC(C2)CC1C3.COC(=O)C(C)(C)CC(C)(CC(C)c1ccc(O)cc1)C(=O)OC1(C)C2CC3CC(C2)CC1C3.COC(=O)C(C)(C)CC(C)(CC(C)c1ccc(O)cc1)C(=O)OC12CC3CC(CC(O)(C3)C1)C2.COC(=O)C(C)(C)CC(C)(CC(C)c1ccc(O)cc1)C(=O)OC1CCOC1=O. The highest BCUT2D eigenvalue weighted by atomic mass is 16.6. The van der Waals surface area contributed by atoms with Crippen molar-refractivity contribution in [2.24, 2.45) is 102 Å². The third-order valence-corrected chi connectivity index (χ3v) is 33.0. The van der Waals surface area contributed by atoms with Crippen molar-refractivity contribution < 1.29 is 111 Å². The van der Waals surface area contributed by atoms with Gasteiger partial charge in [-0.3, -0.25) is 38.4 Å². The lowest BCUT2D eigenvalue weighted by molar-refractivity contribution is -0.227. The van der Waals surface area contributed by atoms with E-state index in [9.17, 15) is 68.7 Å². The lowest BCUT2D eigenvalue weighted by Gasteiger charge is -2.60. The molecule has 17 rings (SSSR count). The minimum Gasteiger partial charge on any atom is -0.508 e. The fourth-order valence-corrected chi connectivity index (χ4v) is 27.7. The average molecular weight is 1830 g/mol. The molecule has 23 heteroatoms. The normalized spacial score (nSPS) is 29.7. The summed E-state index contributed by atoms with van der Waals surface area (Å²) < 4.78 is 50.2. The van der Waals surface area contributed by atoms with E-state index in [1.165, 1.54) is 92.6 Å². The second-order valence-corrected chi connectivity index (χ2v) is 46.7. The summed E-state index contributed by atoms with van der Waals surface area (Å²) in [6.45, 7) is 34.8. The van der Waals surface area contributed by atoms with Gasteiger partial charge < -0.3 is 68.2 Å². The number of hydrogen-bond donors (Lipinski definition) is 5. The van der Waals surface area contributed by atoms with Crippen molar-refractivity contribution in [3.05, 3.63) is 119 Å². The topological polar surface area (TPSA) is 338 Å². The van der Waals surface area contributed by atoms with Crippen molar-refractivity contribution in [3.8, 4) is 23.0 Å². The van der Waals surface area contributed by atoms with Gasteiger partial charge in [-0.1, -0.05) is 83.1 Å². The Morgan fingerprint density at radius 3 is 0.924 bits per heavy atom. The number of methoxy groups -OCH3 is 4. The van der Waals surface area contributed by atoms with Gasteiger partial charge >= 0.3 is 53.7 Å². The second-order valence-electron chi connectivity index (χ2n) is 46.7. The summed E-state index contributed by atoms with van der Waals surface area (Å²) in [7, 11) is 5.48. The molecule has 1 saturated heterocycles. The number of aliphatic hydroxyl groups is 1. The molecule has 11 atom stereocenters. The summed E-state index contributed by atoms with van der Waals surface area (Å²) in [5.74, 6) is 3.55. The van der Waals surface area contributed by atoms with Crippen LogP contribution in [-0.4, -0.2) is 143 Å². The highest BCUT2D eigenvalue weighted by molar-refractivity contribution is 5.85. The van der Waals surface area contributed by atoms with Crippen molar-refractivity contribution in [2.75, 3.05) is 35.0 Å². The fraction of sp³-hybridized carbons (Fsp3) is 0.697. The van der Waals surface area contributed by atoms with Crippen LogP contribution in [-0.2, 0) is 85.8 Å². The van der Waals surface area contributed by atoms with Gasteiger partial charge in [-0.25, -0.2) is 4.79 Å². The van der Waals surface area contributed by atoms with Crippen LogP contribution >= 0.6 is 0 Å². The molecule has 0 amide bonds. The Balaban J connectivity index is 0.000000170. The quantitative estimate of drug-likeness (QED) is 0.0218. The van der Waals surface area contributed by atoms with E-state index in [1.807, 2.05) is 106 Å². The summed E-state index contributed by atoms with van der Waals surface area (Å²) in [5, 5.41) is 49.7. The summed E-state index contributed by atoms with van der Waals surface area (Å²) in [6, 6.07) is 28.1. The molecule has 4 aromatic rings. The van der Waals surface area contributed by atoms with Crippen molar-refractivity contribution in [3.63, 3.8) is 0 Å². The Kier molecular flexibility index (Phi) is 31.7. The molecule has 0 aromatic heterocycles. The van der Waals surface area contributed by atoms with Gasteiger partial charge in [0.05, 0.1) is 84.0 Å². The number of phenols is 4. The van der Waals surface area contributed by atoms with Crippen LogP contribution in [0.15, 0.2) is 97.1 Å². The maximum Gasteiger partial charge on any atom is 0.347 e. The molecule has 5 N–H and O–H groups in total. The Labute approximate surface area is 784 Å². The number of benzene rings is 4. The monoisotopic (exact) mass is 1830 g/mol. The average Bonchev–Trinajstić information content (AvgIpc) is 0.756. The summed E-state index contributed by atoms with van der Waals surface area (Å²) in [5.41, 5.74) is -5.16. The number of esters is 9. The number of rotatable bonds is 33. The van der Waals surface area contributed by atoms with Crippen molar-refractivity contribution >= 4 is 53.7 Å². The molecular formula is C109H156O23. The highest BCUT2D eigenvalue weighted by Crippen LogP contribution is 2.65. The molecule has 12 bridgehead atoms. The third kappa shape index (κ3) is 23.5. The number of cyclic esters (lactones) is 1. The van der Waals surface area contributed by atoms with Crippen LogP contribution in [0.4, 0.5) is 0 Å².